The van der Waals surface area contributed by atoms with Crippen molar-refractivity contribution in [3.8, 4) is 5.69 Å². The first-order valence-electron chi connectivity index (χ1n) is 8.86. The maximum atomic E-state index is 13.1. The Morgan fingerprint density at radius 3 is 2.67 bits per heavy atom. The van der Waals surface area contributed by atoms with Crippen molar-refractivity contribution >= 4 is 56.5 Å². The molecule has 30 heavy (non-hydrogen) atoms. The summed E-state index contributed by atoms with van der Waals surface area (Å²) < 4.78 is 15.1. The Labute approximate surface area is 184 Å². The summed E-state index contributed by atoms with van der Waals surface area (Å²) in [6.07, 6.45) is 0. The summed E-state index contributed by atoms with van der Waals surface area (Å²) in [5, 5.41) is 2.59. The van der Waals surface area contributed by atoms with Gasteiger partial charge in [-0.25, -0.2) is 9.37 Å². The third-order valence-electron chi connectivity index (χ3n) is 4.46. The van der Waals surface area contributed by atoms with Crippen LogP contribution >= 0.6 is 34.7 Å². The number of hydrogen-bond acceptors (Lipinski definition) is 5. The molecule has 152 valence electrons. The van der Waals surface area contributed by atoms with Gasteiger partial charge < -0.3 is 4.90 Å². The lowest BCUT2D eigenvalue weighted by Gasteiger charge is -2.18. The predicted molar refractivity (Wildman–Crippen MR) is 121 cm³/mol. The molecular weight excluding hydrogens is 445 g/mol. The fourth-order valence-electron chi connectivity index (χ4n) is 2.87. The summed E-state index contributed by atoms with van der Waals surface area (Å²) in [7, 11) is 1.62. The molecule has 0 aliphatic carbocycles. The summed E-state index contributed by atoms with van der Waals surface area (Å²) >= 11 is 8.80. The Kier molecular flexibility index (Phi) is 5.90. The van der Waals surface area contributed by atoms with Crippen molar-refractivity contribution in [2.24, 2.45) is 0 Å². The van der Waals surface area contributed by atoms with Gasteiger partial charge >= 0.3 is 0 Å². The van der Waals surface area contributed by atoms with Crippen molar-refractivity contribution in [1.29, 1.82) is 0 Å². The Balaban J connectivity index is 1.68. The molecule has 0 saturated heterocycles. The number of thiophene rings is 1. The molecule has 0 saturated carbocycles. The van der Waals surface area contributed by atoms with Gasteiger partial charge in [-0.3, -0.25) is 14.2 Å². The Morgan fingerprint density at radius 2 is 1.93 bits per heavy atom. The normalized spacial score (nSPS) is 11.0. The van der Waals surface area contributed by atoms with E-state index >= 15 is 0 Å². The zero-order valence-corrected chi connectivity index (χ0v) is 18.1. The lowest BCUT2D eigenvalue weighted by molar-refractivity contribution is -0.115. The van der Waals surface area contributed by atoms with Crippen LogP contribution in [0.15, 0.2) is 69.9 Å². The molecule has 9 heteroatoms. The van der Waals surface area contributed by atoms with E-state index in [9.17, 15) is 14.0 Å². The van der Waals surface area contributed by atoms with Crippen LogP contribution < -0.4 is 10.5 Å². The first-order valence-corrected chi connectivity index (χ1v) is 11.1. The van der Waals surface area contributed by atoms with Crippen LogP contribution in [0.4, 0.5) is 10.1 Å². The molecule has 0 aliphatic heterocycles. The van der Waals surface area contributed by atoms with Crippen molar-refractivity contribution in [2.45, 2.75) is 5.16 Å². The molecule has 0 N–H and O–H groups in total. The van der Waals surface area contributed by atoms with E-state index in [1.54, 1.807) is 42.8 Å². The molecule has 0 unspecified atom stereocenters. The van der Waals surface area contributed by atoms with Crippen LogP contribution in [0, 0.1) is 5.82 Å². The molecule has 1 amide bonds. The first-order chi connectivity index (χ1) is 14.5. The maximum absolute atomic E-state index is 13.1. The number of carbonyl (C=O) groups excluding carboxylic acids is 1. The summed E-state index contributed by atoms with van der Waals surface area (Å²) in [6.45, 7) is 0. The molecule has 4 rings (SSSR count). The second-order valence-electron chi connectivity index (χ2n) is 6.34. The number of anilines is 1. The molecule has 2 heterocycles. The smallest absolute Gasteiger partial charge is 0.276 e. The van der Waals surface area contributed by atoms with E-state index in [0.717, 1.165) is 11.8 Å². The maximum Gasteiger partial charge on any atom is 0.276 e. The number of benzene rings is 2. The van der Waals surface area contributed by atoms with Gasteiger partial charge in [-0.1, -0.05) is 35.5 Å². The lowest BCUT2D eigenvalue weighted by Crippen LogP contribution is -2.28. The van der Waals surface area contributed by atoms with E-state index in [2.05, 4.69) is 4.98 Å². The molecule has 0 bridgehead atoms. The molecule has 0 aliphatic rings. The minimum Gasteiger partial charge on any atom is -0.315 e. The number of para-hydroxylation sites is 1. The summed E-state index contributed by atoms with van der Waals surface area (Å²) in [4.78, 5) is 31.8. The Morgan fingerprint density at radius 1 is 1.20 bits per heavy atom. The van der Waals surface area contributed by atoms with Gasteiger partial charge in [0.05, 0.1) is 22.0 Å². The van der Waals surface area contributed by atoms with Gasteiger partial charge in [0.15, 0.2) is 5.16 Å². The van der Waals surface area contributed by atoms with Crippen LogP contribution in [0.5, 0.6) is 0 Å². The van der Waals surface area contributed by atoms with Gasteiger partial charge in [0.1, 0.15) is 10.5 Å². The second-order valence-corrected chi connectivity index (χ2v) is 8.60. The van der Waals surface area contributed by atoms with Crippen LogP contribution in [0.2, 0.25) is 5.02 Å². The lowest BCUT2D eigenvalue weighted by atomic mass is 10.3. The zero-order valence-electron chi connectivity index (χ0n) is 15.7. The Bertz CT molecular complexity index is 1290. The van der Waals surface area contributed by atoms with E-state index in [1.165, 1.54) is 45.1 Å². The number of carbonyl (C=O) groups is 1. The third-order valence-corrected chi connectivity index (χ3v) is 6.59. The van der Waals surface area contributed by atoms with Gasteiger partial charge in [0.25, 0.3) is 5.56 Å². The molecule has 5 nitrogen and oxygen atoms in total. The van der Waals surface area contributed by atoms with Crippen LogP contribution in [0.25, 0.3) is 15.9 Å². The van der Waals surface area contributed by atoms with Crippen LogP contribution in [-0.2, 0) is 4.79 Å². The molecule has 0 radical (unpaired) electrons. The van der Waals surface area contributed by atoms with Crippen LogP contribution in [-0.4, -0.2) is 28.3 Å². The van der Waals surface area contributed by atoms with Crippen molar-refractivity contribution in [3.05, 3.63) is 81.2 Å². The van der Waals surface area contributed by atoms with Gasteiger partial charge in [0, 0.05) is 12.7 Å². The highest BCUT2D eigenvalue weighted by molar-refractivity contribution is 7.99. The third kappa shape index (κ3) is 3.98. The quantitative estimate of drug-likeness (QED) is 0.311. The van der Waals surface area contributed by atoms with Crippen molar-refractivity contribution in [2.75, 3.05) is 17.7 Å². The van der Waals surface area contributed by atoms with Crippen LogP contribution in [0.1, 0.15) is 0 Å². The molecule has 0 spiro atoms. The minimum absolute atomic E-state index is 0.0421. The number of fused-ring (bicyclic) bond motifs is 1. The average Bonchev–Trinajstić information content (AvgIpc) is 3.22. The minimum atomic E-state index is -0.369. The van der Waals surface area contributed by atoms with E-state index in [4.69, 9.17) is 11.6 Å². The van der Waals surface area contributed by atoms with Gasteiger partial charge in [0.2, 0.25) is 5.91 Å². The molecule has 2 aromatic carbocycles. The molecule has 0 fully saturated rings. The standard InChI is InChI=1S/C21H15ClFN3O2S2/c1-25(14-8-6-13(23)7-9-14)18(27)12-30-21-24-16-10-11-29-19(16)20(28)26(21)17-5-3-2-4-15(17)22/h2-11H,12H2,1H3. The zero-order chi connectivity index (χ0) is 21.3. The fourth-order valence-corrected chi connectivity index (χ4v) is 4.77. The SMILES string of the molecule is CN(C(=O)CSc1nc2ccsc2c(=O)n1-c1ccccc1Cl)c1ccc(F)cc1. The van der Waals surface area contributed by atoms with Gasteiger partial charge in [-0.15, -0.1) is 11.3 Å². The fraction of sp³-hybridized carbons (Fsp3) is 0.0952. The average molecular weight is 460 g/mol. The summed E-state index contributed by atoms with van der Waals surface area (Å²) in [5.41, 5.74) is 1.43. The number of hydrogen-bond donors (Lipinski definition) is 0. The summed E-state index contributed by atoms with van der Waals surface area (Å²) in [5.74, 6) is -0.539. The number of thioether (sulfide) groups is 1. The Hall–Kier alpha value is -2.68. The highest BCUT2D eigenvalue weighted by Gasteiger charge is 2.18. The molecular formula is C21H15ClFN3O2S2. The number of aromatic nitrogens is 2. The molecule has 0 atom stereocenters. The van der Waals surface area contributed by atoms with E-state index in [-0.39, 0.29) is 23.0 Å². The van der Waals surface area contributed by atoms with Crippen molar-refractivity contribution in [1.82, 2.24) is 9.55 Å². The van der Waals surface area contributed by atoms with E-state index in [0.29, 0.717) is 31.8 Å². The summed E-state index contributed by atoms with van der Waals surface area (Å²) in [6, 6.07) is 14.4. The number of rotatable bonds is 5. The highest BCUT2D eigenvalue weighted by atomic mass is 35.5. The number of nitrogens with zero attached hydrogens (tertiary/aromatic N) is 3. The van der Waals surface area contributed by atoms with E-state index < -0.39 is 0 Å². The van der Waals surface area contributed by atoms with Gasteiger partial charge in [-0.2, -0.15) is 0 Å². The van der Waals surface area contributed by atoms with Crippen molar-refractivity contribution in [3.63, 3.8) is 0 Å². The van der Waals surface area contributed by atoms with Crippen LogP contribution in [0.3, 0.4) is 0 Å². The second kappa shape index (κ2) is 8.59. The first kappa shape index (κ1) is 20.6. The highest BCUT2D eigenvalue weighted by Crippen LogP contribution is 2.27. The molecule has 4 aromatic rings. The topological polar surface area (TPSA) is 55.2 Å². The van der Waals surface area contributed by atoms with Crippen molar-refractivity contribution < 1.29 is 9.18 Å². The predicted octanol–water partition coefficient (Wildman–Crippen LogP) is 4.99. The van der Waals surface area contributed by atoms with Gasteiger partial charge in [-0.05, 0) is 47.8 Å². The monoisotopic (exact) mass is 459 g/mol. The number of halogens is 2. The number of amides is 1. The largest absolute Gasteiger partial charge is 0.315 e. The van der Waals surface area contributed by atoms with E-state index in [1.807, 2.05) is 0 Å². The molecule has 2 aromatic heterocycles.